The lowest BCUT2D eigenvalue weighted by molar-refractivity contribution is -0.152. The van der Waals surface area contributed by atoms with E-state index in [0.29, 0.717) is 11.3 Å². The molecule has 0 saturated heterocycles. The van der Waals surface area contributed by atoms with Crippen LogP contribution >= 0.6 is 0 Å². The van der Waals surface area contributed by atoms with Gasteiger partial charge in [0, 0.05) is 12.0 Å². The molecule has 1 aromatic rings. The number of carbonyl (C=O) groups is 3. The van der Waals surface area contributed by atoms with Gasteiger partial charge < -0.3 is 14.2 Å². The Bertz CT molecular complexity index is 820. The van der Waals surface area contributed by atoms with Crippen LogP contribution in [0.1, 0.15) is 53.5 Å². The third kappa shape index (κ3) is 5.75. The molecule has 8 heteroatoms. The number of benzene rings is 1. The normalized spacial score (nSPS) is 17.2. The highest BCUT2D eigenvalue weighted by Gasteiger charge is 2.45. The third-order valence-corrected chi connectivity index (χ3v) is 3.96. The second-order valence-corrected chi connectivity index (χ2v) is 8.85. The number of hydrogen-bond donors (Lipinski definition) is 0. The van der Waals surface area contributed by atoms with Crippen molar-refractivity contribution in [2.45, 2.75) is 65.2 Å². The summed E-state index contributed by atoms with van der Waals surface area (Å²) in [5.41, 5.74) is -0.571. The smallest absolute Gasteiger partial charge is 0.434 e. The van der Waals surface area contributed by atoms with E-state index in [9.17, 15) is 14.4 Å². The Hall–Kier alpha value is -3.03. The van der Waals surface area contributed by atoms with Crippen molar-refractivity contribution in [3.8, 4) is 0 Å². The standard InChI is InChI=1S/C22H30N2O6/c1-21(2,3)29-19(26)23-16(15-11-9-8-10-12-15)13-14-17(18(25)28-7)24(23)20(27)30-22(4,5)6/h8-13,17H,14H2,1-7H3/t17-/m1/s1. The van der Waals surface area contributed by atoms with Gasteiger partial charge in [0.1, 0.15) is 11.2 Å². The van der Waals surface area contributed by atoms with Gasteiger partial charge in [-0.1, -0.05) is 36.4 Å². The van der Waals surface area contributed by atoms with Gasteiger partial charge in [-0.15, -0.1) is 0 Å². The van der Waals surface area contributed by atoms with E-state index >= 15 is 0 Å². The molecule has 2 amide bonds. The number of hydrogen-bond acceptors (Lipinski definition) is 6. The van der Waals surface area contributed by atoms with Crippen LogP contribution in [0.2, 0.25) is 0 Å². The minimum Gasteiger partial charge on any atom is -0.467 e. The molecule has 30 heavy (non-hydrogen) atoms. The zero-order valence-corrected chi connectivity index (χ0v) is 18.6. The fourth-order valence-electron chi connectivity index (χ4n) is 2.86. The van der Waals surface area contributed by atoms with E-state index in [4.69, 9.17) is 14.2 Å². The van der Waals surface area contributed by atoms with Crippen LogP contribution in [-0.2, 0) is 19.0 Å². The number of carbonyl (C=O) groups excluding carboxylic acids is 3. The predicted octanol–water partition coefficient (Wildman–Crippen LogP) is 4.36. The Morgan fingerprint density at radius 3 is 1.93 bits per heavy atom. The van der Waals surface area contributed by atoms with Gasteiger partial charge in [-0.05, 0) is 41.5 Å². The van der Waals surface area contributed by atoms with Crippen LogP contribution in [0.15, 0.2) is 36.4 Å². The molecule has 8 nitrogen and oxygen atoms in total. The number of rotatable bonds is 2. The van der Waals surface area contributed by atoms with Gasteiger partial charge in [0.2, 0.25) is 0 Å². The van der Waals surface area contributed by atoms with Crippen LogP contribution in [0.25, 0.3) is 5.70 Å². The highest BCUT2D eigenvalue weighted by molar-refractivity contribution is 5.90. The minimum absolute atomic E-state index is 0.148. The van der Waals surface area contributed by atoms with E-state index in [1.165, 1.54) is 7.11 Å². The lowest BCUT2D eigenvalue weighted by Gasteiger charge is -2.42. The van der Waals surface area contributed by atoms with Gasteiger partial charge >= 0.3 is 18.2 Å². The molecule has 1 atom stereocenters. The summed E-state index contributed by atoms with van der Waals surface area (Å²) < 4.78 is 15.9. The van der Waals surface area contributed by atoms with Crippen molar-refractivity contribution in [2.24, 2.45) is 0 Å². The summed E-state index contributed by atoms with van der Waals surface area (Å²) >= 11 is 0. The molecule has 1 heterocycles. The van der Waals surface area contributed by atoms with Gasteiger partial charge in [-0.25, -0.2) is 14.4 Å². The molecule has 0 radical (unpaired) electrons. The molecule has 0 aromatic heterocycles. The predicted molar refractivity (Wildman–Crippen MR) is 111 cm³/mol. The fourth-order valence-corrected chi connectivity index (χ4v) is 2.86. The monoisotopic (exact) mass is 418 g/mol. The Labute approximate surface area is 177 Å². The first kappa shape index (κ1) is 23.3. The molecule has 0 N–H and O–H groups in total. The van der Waals surface area contributed by atoms with Crippen LogP contribution in [-0.4, -0.2) is 52.5 Å². The molecular formula is C22H30N2O6. The first-order chi connectivity index (χ1) is 13.8. The lowest BCUT2D eigenvalue weighted by atomic mass is 10.0. The summed E-state index contributed by atoms with van der Waals surface area (Å²) in [6.07, 6.45) is 0.194. The van der Waals surface area contributed by atoms with Gasteiger partial charge in [-0.2, -0.15) is 10.0 Å². The van der Waals surface area contributed by atoms with E-state index in [1.807, 2.05) is 18.2 Å². The second kappa shape index (κ2) is 8.77. The summed E-state index contributed by atoms with van der Waals surface area (Å²) in [7, 11) is 1.23. The second-order valence-electron chi connectivity index (χ2n) is 8.85. The zero-order valence-electron chi connectivity index (χ0n) is 18.6. The van der Waals surface area contributed by atoms with E-state index in [-0.39, 0.29) is 6.42 Å². The summed E-state index contributed by atoms with van der Waals surface area (Å²) in [6.45, 7) is 10.3. The average molecular weight is 418 g/mol. The number of nitrogens with zero attached hydrogens (tertiary/aromatic N) is 2. The van der Waals surface area contributed by atoms with E-state index in [1.54, 1.807) is 59.8 Å². The van der Waals surface area contributed by atoms with Gasteiger partial charge in [-0.3, -0.25) is 0 Å². The Morgan fingerprint density at radius 1 is 0.900 bits per heavy atom. The molecule has 0 spiro atoms. The van der Waals surface area contributed by atoms with Gasteiger partial charge in [0.15, 0.2) is 6.04 Å². The molecule has 1 aliphatic heterocycles. The third-order valence-electron chi connectivity index (χ3n) is 3.96. The zero-order chi connectivity index (χ0) is 22.7. The maximum absolute atomic E-state index is 13.2. The maximum atomic E-state index is 13.2. The van der Waals surface area contributed by atoms with E-state index in [2.05, 4.69) is 0 Å². The largest absolute Gasteiger partial charge is 0.467 e. The average Bonchev–Trinajstić information content (AvgIpc) is 2.64. The first-order valence-corrected chi connectivity index (χ1v) is 9.72. The molecule has 1 aliphatic rings. The quantitative estimate of drug-likeness (QED) is 0.524. The number of esters is 1. The Kier molecular flexibility index (Phi) is 6.80. The number of amides is 2. The summed E-state index contributed by atoms with van der Waals surface area (Å²) in [4.78, 5) is 38.8. The molecule has 0 aliphatic carbocycles. The van der Waals surface area contributed by atoms with Crippen molar-refractivity contribution in [3.05, 3.63) is 42.0 Å². The van der Waals surface area contributed by atoms with Crippen LogP contribution in [0.3, 0.4) is 0 Å². The highest BCUT2D eigenvalue weighted by atomic mass is 16.6. The number of hydrazine groups is 1. The molecule has 0 fully saturated rings. The van der Waals surface area contributed by atoms with Gasteiger partial charge in [0.25, 0.3) is 0 Å². The lowest BCUT2D eigenvalue weighted by Crippen LogP contribution is -2.59. The molecule has 2 rings (SSSR count). The number of methoxy groups -OCH3 is 1. The Balaban J connectivity index is 2.61. The van der Waals surface area contributed by atoms with E-state index < -0.39 is 35.4 Å². The SMILES string of the molecule is COC(=O)[C@H]1CC=C(c2ccccc2)N(C(=O)OC(C)(C)C)N1C(=O)OC(C)(C)C. The minimum atomic E-state index is -1.08. The van der Waals surface area contributed by atoms with Gasteiger partial charge in [0.05, 0.1) is 12.8 Å². The maximum Gasteiger partial charge on any atom is 0.434 e. The van der Waals surface area contributed by atoms with Crippen LogP contribution in [0, 0.1) is 0 Å². The summed E-state index contributed by atoms with van der Waals surface area (Å²) in [6, 6.07) is 7.99. The molecular weight excluding hydrogens is 388 g/mol. The molecule has 0 saturated carbocycles. The van der Waals surface area contributed by atoms with Crippen LogP contribution < -0.4 is 0 Å². The molecule has 1 aromatic carbocycles. The fraction of sp³-hybridized carbons (Fsp3) is 0.500. The number of ether oxygens (including phenoxy) is 3. The van der Waals surface area contributed by atoms with Crippen molar-refractivity contribution in [2.75, 3.05) is 7.11 Å². The van der Waals surface area contributed by atoms with Crippen molar-refractivity contribution in [3.63, 3.8) is 0 Å². The van der Waals surface area contributed by atoms with Crippen molar-refractivity contribution < 1.29 is 28.6 Å². The topological polar surface area (TPSA) is 85.4 Å². The highest BCUT2D eigenvalue weighted by Crippen LogP contribution is 2.32. The molecule has 164 valence electrons. The Morgan fingerprint density at radius 2 is 1.43 bits per heavy atom. The van der Waals surface area contributed by atoms with Crippen LogP contribution in [0.5, 0.6) is 0 Å². The van der Waals surface area contributed by atoms with Crippen molar-refractivity contribution >= 4 is 23.9 Å². The molecule has 0 bridgehead atoms. The van der Waals surface area contributed by atoms with Crippen molar-refractivity contribution in [1.29, 1.82) is 0 Å². The van der Waals surface area contributed by atoms with Crippen LogP contribution in [0.4, 0.5) is 9.59 Å². The van der Waals surface area contributed by atoms with E-state index in [0.717, 1.165) is 10.0 Å². The first-order valence-electron chi connectivity index (χ1n) is 9.72. The van der Waals surface area contributed by atoms with Crippen molar-refractivity contribution in [1.82, 2.24) is 10.0 Å². The molecule has 0 unspecified atom stereocenters. The summed E-state index contributed by atoms with van der Waals surface area (Å²) in [5, 5.41) is 2.03. The summed E-state index contributed by atoms with van der Waals surface area (Å²) in [5.74, 6) is -0.669.